The molecule has 1 unspecified atom stereocenters. The SMILES string of the molecule is C[C@@H](O)[C@H]1C(=O)N2C(C(=O)O)=C(S[C@@H]3CN[C@H](C(CCN)CCO)C3)[C@H](C)[C@H]12.Cl. The van der Waals surface area contributed by atoms with Gasteiger partial charge in [0.2, 0.25) is 5.91 Å². The Labute approximate surface area is 181 Å². The molecule has 3 aliphatic heterocycles. The third-order valence-corrected chi connectivity index (χ3v) is 7.85. The molecule has 0 bridgehead atoms. The standard InChI is InChI=1S/C19H31N3O5S.ClH/c1-9-15-14(10(2)24)18(25)22(15)16(19(26)27)17(9)28-12-7-13(21-8-12)11(3-5-20)4-6-23;/h9-15,21,23-24H,3-8,20H2,1-2H3,(H,26,27);1H/t9-,10-,11?,12+,13+,14-,15-;/m1./s1. The van der Waals surface area contributed by atoms with Gasteiger partial charge in [0.05, 0.1) is 18.1 Å². The number of β-lactam (4-membered cyclic amide) rings is 1. The van der Waals surface area contributed by atoms with E-state index in [2.05, 4.69) is 5.32 Å². The van der Waals surface area contributed by atoms with Crippen molar-refractivity contribution < 1.29 is 24.9 Å². The topological polar surface area (TPSA) is 136 Å². The number of amides is 1. The number of nitrogens with two attached hydrogens (primary N) is 1. The number of hydrogen-bond donors (Lipinski definition) is 5. The van der Waals surface area contributed by atoms with Gasteiger partial charge >= 0.3 is 5.97 Å². The fourth-order valence-corrected chi connectivity index (χ4v) is 6.46. The van der Waals surface area contributed by atoms with Gasteiger partial charge in [-0.15, -0.1) is 24.2 Å². The number of carbonyl (C=O) groups is 2. The summed E-state index contributed by atoms with van der Waals surface area (Å²) < 4.78 is 0. The molecule has 2 saturated heterocycles. The second-order valence-electron chi connectivity index (χ2n) is 8.11. The Morgan fingerprint density at radius 2 is 2.10 bits per heavy atom. The summed E-state index contributed by atoms with van der Waals surface area (Å²) in [5, 5.41) is 32.7. The fourth-order valence-electron chi connectivity index (χ4n) is 4.97. The Hall–Kier alpha value is -0.840. The van der Waals surface area contributed by atoms with Gasteiger partial charge in [-0.2, -0.15) is 0 Å². The average molecular weight is 450 g/mol. The predicted octanol–water partition coefficient (Wildman–Crippen LogP) is 0.373. The first kappa shape index (κ1) is 24.4. The number of carbonyl (C=O) groups excluding carboxylic acids is 1. The molecule has 3 rings (SSSR count). The van der Waals surface area contributed by atoms with Gasteiger partial charge in [0.25, 0.3) is 0 Å². The van der Waals surface area contributed by atoms with Crippen LogP contribution >= 0.6 is 24.2 Å². The van der Waals surface area contributed by atoms with Crippen LogP contribution in [0.4, 0.5) is 0 Å². The van der Waals surface area contributed by atoms with E-state index in [1.807, 2.05) is 6.92 Å². The van der Waals surface area contributed by atoms with Crippen LogP contribution in [0.1, 0.15) is 33.1 Å². The number of fused-ring (bicyclic) bond motifs is 1. The van der Waals surface area contributed by atoms with Gasteiger partial charge in [0.1, 0.15) is 5.70 Å². The van der Waals surface area contributed by atoms with E-state index in [4.69, 9.17) is 5.73 Å². The highest BCUT2D eigenvalue weighted by atomic mass is 35.5. The molecule has 8 nitrogen and oxygen atoms in total. The lowest BCUT2D eigenvalue weighted by Gasteiger charge is -2.46. The van der Waals surface area contributed by atoms with Crippen LogP contribution in [0.15, 0.2) is 10.6 Å². The van der Waals surface area contributed by atoms with E-state index in [1.165, 1.54) is 4.90 Å². The Kier molecular flexibility index (Phi) is 8.41. The molecule has 166 valence electrons. The highest BCUT2D eigenvalue weighted by Crippen LogP contribution is 2.52. The number of nitrogens with zero attached hydrogens (tertiary/aromatic N) is 1. The van der Waals surface area contributed by atoms with E-state index >= 15 is 0 Å². The number of aliphatic carboxylic acids is 1. The Bertz CT molecular complexity index is 656. The number of halogens is 1. The van der Waals surface area contributed by atoms with Crippen LogP contribution in [0.25, 0.3) is 0 Å². The summed E-state index contributed by atoms with van der Waals surface area (Å²) in [5.74, 6) is -1.72. The molecule has 0 aliphatic carbocycles. The predicted molar refractivity (Wildman–Crippen MR) is 114 cm³/mol. The number of nitrogens with one attached hydrogen (secondary N) is 1. The lowest BCUT2D eigenvalue weighted by molar-refractivity contribution is -0.163. The quantitative estimate of drug-likeness (QED) is 0.318. The van der Waals surface area contributed by atoms with Crippen LogP contribution in [-0.2, 0) is 9.59 Å². The minimum atomic E-state index is -1.09. The molecule has 0 aromatic heterocycles. The van der Waals surface area contributed by atoms with Crippen LogP contribution in [0.2, 0.25) is 0 Å². The molecule has 0 aromatic carbocycles. The Balaban J connectivity index is 0.00000300. The van der Waals surface area contributed by atoms with Crippen molar-refractivity contribution in [2.75, 3.05) is 19.7 Å². The van der Waals surface area contributed by atoms with E-state index in [0.717, 1.165) is 24.3 Å². The lowest BCUT2D eigenvalue weighted by atomic mass is 9.79. The Morgan fingerprint density at radius 1 is 1.41 bits per heavy atom. The van der Waals surface area contributed by atoms with E-state index in [0.29, 0.717) is 18.9 Å². The summed E-state index contributed by atoms with van der Waals surface area (Å²) in [7, 11) is 0. The number of carboxylic acid groups (broad SMARTS) is 1. The normalized spacial score (nSPS) is 33.2. The third kappa shape index (κ3) is 4.45. The fraction of sp³-hybridized carbons (Fsp3) is 0.789. The third-order valence-electron chi connectivity index (χ3n) is 6.34. The zero-order chi connectivity index (χ0) is 20.6. The summed E-state index contributed by atoms with van der Waals surface area (Å²) in [6, 6.07) is -0.0201. The minimum absolute atomic E-state index is 0. The highest BCUT2D eigenvalue weighted by Gasteiger charge is 2.60. The molecule has 7 atom stereocenters. The first-order valence-electron chi connectivity index (χ1n) is 10.0. The molecule has 0 spiro atoms. The molecule has 1 amide bonds. The zero-order valence-electron chi connectivity index (χ0n) is 16.8. The van der Waals surface area contributed by atoms with Gasteiger partial charge in [-0.3, -0.25) is 4.79 Å². The van der Waals surface area contributed by atoms with E-state index in [9.17, 15) is 24.9 Å². The van der Waals surface area contributed by atoms with E-state index < -0.39 is 18.0 Å². The average Bonchev–Trinajstić information content (AvgIpc) is 3.17. The van der Waals surface area contributed by atoms with Crippen molar-refractivity contribution >= 4 is 36.0 Å². The summed E-state index contributed by atoms with van der Waals surface area (Å²) in [5.41, 5.74) is 5.79. The van der Waals surface area contributed by atoms with Crippen LogP contribution < -0.4 is 11.1 Å². The molecule has 3 heterocycles. The van der Waals surface area contributed by atoms with Crippen molar-refractivity contribution in [3.05, 3.63) is 10.6 Å². The van der Waals surface area contributed by atoms with Crippen LogP contribution in [0, 0.1) is 17.8 Å². The lowest BCUT2D eigenvalue weighted by Crippen LogP contribution is -2.63. The summed E-state index contributed by atoms with van der Waals surface area (Å²) in [4.78, 5) is 26.4. The number of thioether (sulfide) groups is 1. The molecule has 3 aliphatic rings. The van der Waals surface area contributed by atoms with E-state index in [-0.39, 0.29) is 53.9 Å². The van der Waals surface area contributed by atoms with Crippen molar-refractivity contribution in [1.29, 1.82) is 0 Å². The maximum atomic E-state index is 12.4. The van der Waals surface area contributed by atoms with Gasteiger partial charge in [0.15, 0.2) is 0 Å². The second kappa shape index (κ2) is 9.98. The van der Waals surface area contributed by atoms with Crippen molar-refractivity contribution in [2.45, 2.75) is 56.5 Å². The number of carboxylic acids is 1. The number of rotatable bonds is 9. The minimum Gasteiger partial charge on any atom is -0.477 e. The van der Waals surface area contributed by atoms with Crippen molar-refractivity contribution in [1.82, 2.24) is 10.2 Å². The summed E-state index contributed by atoms with van der Waals surface area (Å²) >= 11 is 1.55. The first-order chi connectivity index (χ1) is 13.3. The molecule has 29 heavy (non-hydrogen) atoms. The molecule has 0 radical (unpaired) electrons. The first-order valence-corrected chi connectivity index (χ1v) is 10.9. The van der Waals surface area contributed by atoms with Gasteiger partial charge in [-0.1, -0.05) is 6.92 Å². The van der Waals surface area contributed by atoms with Crippen molar-refractivity contribution in [2.24, 2.45) is 23.5 Å². The second-order valence-corrected chi connectivity index (χ2v) is 9.45. The largest absolute Gasteiger partial charge is 0.477 e. The Morgan fingerprint density at radius 3 is 2.66 bits per heavy atom. The van der Waals surface area contributed by atoms with Crippen LogP contribution in [-0.4, -0.2) is 75.2 Å². The van der Waals surface area contributed by atoms with Gasteiger partial charge < -0.3 is 31.3 Å². The number of hydrogen-bond acceptors (Lipinski definition) is 7. The highest BCUT2D eigenvalue weighted by molar-refractivity contribution is 8.03. The summed E-state index contributed by atoms with van der Waals surface area (Å²) in [6.45, 7) is 4.99. The van der Waals surface area contributed by atoms with E-state index in [1.54, 1.807) is 18.7 Å². The molecule has 0 aromatic rings. The molecule has 10 heteroatoms. The van der Waals surface area contributed by atoms with Crippen molar-refractivity contribution in [3.8, 4) is 0 Å². The van der Waals surface area contributed by atoms with Crippen LogP contribution in [0.3, 0.4) is 0 Å². The van der Waals surface area contributed by atoms with Gasteiger partial charge in [-0.05, 0) is 38.6 Å². The molecular weight excluding hydrogens is 418 g/mol. The van der Waals surface area contributed by atoms with Crippen LogP contribution in [0.5, 0.6) is 0 Å². The molecular formula is C19H32ClN3O5S. The number of aliphatic hydroxyl groups is 2. The summed E-state index contributed by atoms with van der Waals surface area (Å²) in [6.07, 6.45) is 1.63. The molecule has 0 saturated carbocycles. The number of aliphatic hydroxyl groups excluding tert-OH is 2. The van der Waals surface area contributed by atoms with Crippen molar-refractivity contribution in [3.63, 3.8) is 0 Å². The molecule has 6 N–H and O–H groups in total. The van der Waals surface area contributed by atoms with Gasteiger partial charge in [0, 0.05) is 35.3 Å². The molecule has 2 fully saturated rings. The maximum Gasteiger partial charge on any atom is 0.353 e. The zero-order valence-corrected chi connectivity index (χ0v) is 18.4. The maximum absolute atomic E-state index is 12.4. The monoisotopic (exact) mass is 449 g/mol. The smallest absolute Gasteiger partial charge is 0.353 e. The van der Waals surface area contributed by atoms with Gasteiger partial charge in [-0.25, -0.2) is 4.79 Å².